The minimum Gasteiger partial charge on any atom is -0.373 e. The quantitative estimate of drug-likeness (QED) is 0.928. The van der Waals surface area contributed by atoms with Gasteiger partial charge in [-0.1, -0.05) is 24.4 Å². The van der Waals surface area contributed by atoms with Crippen molar-refractivity contribution >= 4 is 23.3 Å². The van der Waals surface area contributed by atoms with E-state index in [0.717, 1.165) is 19.4 Å². The third-order valence-corrected chi connectivity index (χ3v) is 5.11. The summed E-state index contributed by atoms with van der Waals surface area (Å²) in [7, 11) is 1.79. The molecule has 1 aliphatic heterocycles. The summed E-state index contributed by atoms with van der Waals surface area (Å²) in [6.45, 7) is 0.835. The number of amides is 1. The largest absolute Gasteiger partial charge is 0.373 e. The molecular formula is C16H22ClN3O. The number of anilines is 1. The molecule has 1 aliphatic carbocycles. The van der Waals surface area contributed by atoms with Crippen LogP contribution in [0.3, 0.4) is 0 Å². The van der Waals surface area contributed by atoms with Crippen LogP contribution < -0.4 is 5.32 Å². The predicted molar refractivity (Wildman–Crippen MR) is 84.8 cm³/mol. The molecule has 4 nitrogen and oxygen atoms in total. The Balaban J connectivity index is 1.83. The molecule has 1 aromatic rings. The predicted octanol–water partition coefficient (Wildman–Crippen LogP) is 3.57. The molecule has 1 saturated heterocycles. The molecule has 0 bridgehead atoms. The van der Waals surface area contributed by atoms with E-state index in [-0.39, 0.29) is 5.91 Å². The van der Waals surface area contributed by atoms with E-state index in [0.29, 0.717) is 28.5 Å². The number of hydrogen-bond acceptors (Lipinski definition) is 3. The number of nitrogens with zero attached hydrogens (tertiary/aromatic N) is 2. The summed E-state index contributed by atoms with van der Waals surface area (Å²) >= 11 is 6.20. The number of halogens is 1. The topological polar surface area (TPSA) is 45.2 Å². The van der Waals surface area contributed by atoms with Gasteiger partial charge in [0.2, 0.25) is 0 Å². The van der Waals surface area contributed by atoms with E-state index in [9.17, 15) is 4.79 Å². The Bertz CT molecular complexity index is 528. The summed E-state index contributed by atoms with van der Waals surface area (Å²) in [5, 5.41) is 3.41. The number of carbonyl (C=O) groups excluding carboxylic acids is 1. The van der Waals surface area contributed by atoms with E-state index in [2.05, 4.69) is 10.3 Å². The van der Waals surface area contributed by atoms with Crippen LogP contribution in [0.5, 0.6) is 0 Å². The van der Waals surface area contributed by atoms with Crippen molar-refractivity contribution in [2.24, 2.45) is 5.92 Å². The first-order valence-corrected chi connectivity index (χ1v) is 8.24. The fraction of sp³-hybridized carbons (Fsp3) is 0.625. The van der Waals surface area contributed by atoms with Crippen LogP contribution in [0.1, 0.15) is 49.0 Å². The van der Waals surface area contributed by atoms with Crippen molar-refractivity contribution in [3.63, 3.8) is 0 Å². The van der Waals surface area contributed by atoms with Crippen LogP contribution in [-0.4, -0.2) is 35.4 Å². The molecule has 0 aromatic carbocycles. The van der Waals surface area contributed by atoms with Gasteiger partial charge in [0, 0.05) is 19.6 Å². The maximum atomic E-state index is 12.9. The molecular weight excluding hydrogens is 286 g/mol. The van der Waals surface area contributed by atoms with Gasteiger partial charge >= 0.3 is 0 Å². The van der Waals surface area contributed by atoms with Crippen LogP contribution in [0.4, 0.5) is 5.82 Å². The lowest BCUT2D eigenvalue weighted by Gasteiger charge is -2.29. The molecule has 2 fully saturated rings. The molecule has 1 amide bonds. The van der Waals surface area contributed by atoms with Gasteiger partial charge in [-0.05, 0) is 43.7 Å². The highest BCUT2D eigenvalue weighted by Gasteiger charge is 2.37. The first-order valence-electron chi connectivity index (χ1n) is 7.86. The zero-order chi connectivity index (χ0) is 14.8. The highest BCUT2D eigenvalue weighted by Crippen LogP contribution is 2.36. The first kappa shape index (κ1) is 14.6. The van der Waals surface area contributed by atoms with E-state index in [1.165, 1.54) is 25.7 Å². The van der Waals surface area contributed by atoms with Crippen molar-refractivity contribution in [2.75, 3.05) is 18.9 Å². The molecule has 2 heterocycles. The summed E-state index contributed by atoms with van der Waals surface area (Å²) in [5.74, 6) is 1.34. The Hall–Kier alpha value is -1.29. The molecule has 1 saturated carbocycles. The number of likely N-dealkylation sites (tertiary alicyclic amines) is 1. The highest BCUT2D eigenvalue weighted by molar-refractivity contribution is 6.33. The third-order valence-electron chi connectivity index (χ3n) is 4.81. The van der Waals surface area contributed by atoms with Crippen molar-refractivity contribution in [1.82, 2.24) is 9.88 Å². The number of pyridine rings is 1. The van der Waals surface area contributed by atoms with Gasteiger partial charge in [0.1, 0.15) is 11.5 Å². The Morgan fingerprint density at radius 2 is 2.05 bits per heavy atom. The minimum atomic E-state index is -0.00787. The van der Waals surface area contributed by atoms with Gasteiger partial charge in [0.05, 0.1) is 5.02 Å². The van der Waals surface area contributed by atoms with Gasteiger partial charge in [0.25, 0.3) is 5.91 Å². The van der Waals surface area contributed by atoms with Crippen molar-refractivity contribution in [3.8, 4) is 0 Å². The Kier molecular flexibility index (Phi) is 4.34. The molecule has 21 heavy (non-hydrogen) atoms. The van der Waals surface area contributed by atoms with Crippen LogP contribution in [0.15, 0.2) is 12.1 Å². The SMILES string of the molecule is CNc1ccc(Cl)c(C(=O)N2CCCC2C2CCCC2)n1. The minimum absolute atomic E-state index is 0.00787. The standard InChI is InChI=1S/C16H22ClN3O/c1-18-14-9-8-12(17)15(19-14)16(21)20-10-4-7-13(20)11-5-2-3-6-11/h8-9,11,13H,2-7,10H2,1H3,(H,18,19). The normalized spacial score (nSPS) is 22.8. The maximum Gasteiger partial charge on any atom is 0.274 e. The summed E-state index contributed by atoms with van der Waals surface area (Å²) in [6, 6.07) is 3.92. The molecule has 1 aromatic heterocycles. The average Bonchev–Trinajstić information content (AvgIpc) is 3.17. The molecule has 114 valence electrons. The molecule has 5 heteroatoms. The fourth-order valence-electron chi connectivity index (χ4n) is 3.74. The zero-order valence-electron chi connectivity index (χ0n) is 12.4. The molecule has 1 unspecified atom stereocenters. The van der Waals surface area contributed by atoms with Crippen molar-refractivity contribution in [2.45, 2.75) is 44.6 Å². The molecule has 2 aliphatic rings. The van der Waals surface area contributed by atoms with Crippen molar-refractivity contribution < 1.29 is 4.79 Å². The maximum absolute atomic E-state index is 12.9. The van der Waals surface area contributed by atoms with Crippen LogP contribution in [0.25, 0.3) is 0 Å². The molecule has 3 rings (SSSR count). The summed E-state index contributed by atoms with van der Waals surface area (Å²) in [4.78, 5) is 19.2. The lowest BCUT2D eigenvalue weighted by atomic mass is 9.96. The van der Waals surface area contributed by atoms with E-state index in [1.54, 1.807) is 19.2 Å². The molecule has 0 spiro atoms. The summed E-state index contributed by atoms with van der Waals surface area (Å²) in [5.41, 5.74) is 0.383. The third kappa shape index (κ3) is 2.86. The van der Waals surface area contributed by atoms with E-state index >= 15 is 0 Å². The Morgan fingerprint density at radius 1 is 1.29 bits per heavy atom. The number of rotatable bonds is 3. The van der Waals surface area contributed by atoms with Crippen LogP contribution in [0.2, 0.25) is 5.02 Å². The number of nitrogens with one attached hydrogen (secondary N) is 1. The summed E-state index contributed by atoms with van der Waals surface area (Å²) in [6.07, 6.45) is 7.34. The van der Waals surface area contributed by atoms with E-state index < -0.39 is 0 Å². The van der Waals surface area contributed by atoms with E-state index in [4.69, 9.17) is 11.6 Å². The van der Waals surface area contributed by atoms with Gasteiger partial charge < -0.3 is 10.2 Å². The Morgan fingerprint density at radius 3 is 2.76 bits per heavy atom. The second-order valence-electron chi connectivity index (χ2n) is 6.03. The Labute approximate surface area is 130 Å². The van der Waals surface area contributed by atoms with Gasteiger partial charge in [-0.25, -0.2) is 4.98 Å². The van der Waals surface area contributed by atoms with Crippen LogP contribution in [0, 0.1) is 5.92 Å². The fourth-order valence-corrected chi connectivity index (χ4v) is 3.93. The number of carbonyl (C=O) groups is 1. The molecule has 0 radical (unpaired) electrons. The lowest BCUT2D eigenvalue weighted by molar-refractivity contribution is 0.0683. The second kappa shape index (κ2) is 6.22. The average molecular weight is 308 g/mol. The number of aromatic nitrogens is 1. The van der Waals surface area contributed by atoms with Crippen molar-refractivity contribution in [3.05, 3.63) is 22.8 Å². The van der Waals surface area contributed by atoms with Gasteiger partial charge in [-0.3, -0.25) is 4.79 Å². The van der Waals surface area contributed by atoms with Crippen LogP contribution in [-0.2, 0) is 0 Å². The van der Waals surface area contributed by atoms with Crippen LogP contribution >= 0.6 is 11.6 Å². The molecule has 1 atom stereocenters. The highest BCUT2D eigenvalue weighted by atomic mass is 35.5. The molecule has 1 N–H and O–H groups in total. The van der Waals surface area contributed by atoms with Gasteiger partial charge in [-0.15, -0.1) is 0 Å². The summed E-state index contributed by atoms with van der Waals surface area (Å²) < 4.78 is 0. The van der Waals surface area contributed by atoms with E-state index in [1.807, 2.05) is 4.90 Å². The first-order chi connectivity index (χ1) is 10.2. The zero-order valence-corrected chi connectivity index (χ0v) is 13.2. The monoisotopic (exact) mass is 307 g/mol. The van der Waals surface area contributed by atoms with Gasteiger partial charge in [0.15, 0.2) is 0 Å². The van der Waals surface area contributed by atoms with Crippen molar-refractivity contribution in [1.29, 1.82) is 0 Å². The smallest absolute Gasteiger partial charge is 0.274 e. The second-order valence-corrected chi connectivity index (χ2v) is 6.44. The lowest BCUT2D eigenvalue weighted by Crippen LogP contribution is -2.40. The number of hydrogen-bond donors (Lipinski definition) is 1. The van der Waals surface area contributed by atoms with Gasteiger partial charge in [-0.2, -0.15) is 0 Å².